The fourth-order valence-electron chi connectivity index (χ4n) is 5.89. The summed E-state index contributed by atoms with van der Waals surface area (Å²) in [5, 5.41) is 64.4. The van der Waals surface area contributed by atoms with E-state index in [9.17, 15) is 49.5 Å². The van der Waals surface area contributed by atoms with Crippen molar-refractivity contribution in [3.05, 3.63) is 53.3 Å². The van der Waals surface area contributed by atoms with Crippen LogP contribution in [0.3, 0.4) is 0 Å². The zero-order chi connectivity index (χ0) is 40.3. The van der Waals surface area contributed by atoms with E-state index in [0.717, 1.165) is 6.07 Å². The topological polar surface area (TPSA) is 246 Å². The number of phenolic OH excluding ortho intramolecular Hbond substituents is 3. The number of ketones is 1. The van der Waals surface area contributed by atoms with Crippen LogP contribution in [0, 0.1) is 24.7 Å². The largest absolute Gasteiger partial charge is 0.507 e. The fourth-order valence-corrected chi connectivity index (χ4v) is 5.89. The first kappa shape index (κ1) is 42.8. The maximum atomic E-state index is 13.5. The molecule has 0 spiro atoms. The summed E-state index contributed by atoms with van der Waals surface area (Å²) in [6, 6.07) is 1.07. The number of aliphatic carboxylic acids is 2. The van der Waals surface area contributed by atoms with Crippen molar-refractivity contribution in [2.75, 3.05) is 18.5 Å². The predicted octanol–water partition coefficient (Wildman–Crippen LogP) is 5.50. The Bertz CT molecular complexity index is 1830. The maximum absolute atomic E-state index is 13.5. The summed E-state index contributed by atoms with van der Waals surface area (Å²) in [5.74, 6) is -8.28. The summed E-state index contributed by atoms with van der Waals surface area (Å²) >= 11 is 0. The van der Waals surface area contributed by atoms with Gasteiger partial charge in [0.25, 0.3) is 5.91 Å². The molecule has 54 heavy (non-hydrogen) atoms. The second-order valence-corrected chi connectivity index (χ2v) is 13.6. The second kappa shape index (κ2) is 19.5. The SMILES string of the molecule is CC1=C/C=C/C(C(C)OC(=O)[C@@H](C)CC(=O)O)CC[C@@H](O)CC[C@H](C)C/C=C/OCC(=O)c2c(O)c(C)c(O)c3c(O)c(cc(OCC(=O)O)c23)NC1=O. The normalized spacial score (nSPS) is 21.5. The number of carbonyl (C=O) groups is 5. The lowest BCUT2D eigenvalue weighted by Crippen LogP contribution is -2.28. The Labute approximate surface area is 312 Å². The van der Waals surface area contributed by atoms with Gasteiger partial charge in [0.05, 0.1) is 41.3 Å². The summed E-state index contributed by atoms with van der Waals surface area (Å²) in [6.07, 6.45) is 8.34. The Hall–Kier alpha value is -5.57. The molecule has 0 saturated carbocycles. The first-order chi connectivity index (χ1) is 25.4. The van der Waals surface area contributed by atoms with E-state index in [0.29, 0.717) is 32.1 Å². The molecule has 0 radical (unpaired) electrons. The van der Waals surface area contributed by atoms with Gasteiger partial charge in [-0.3, -0.25) is 19.2 Å². The molecule has 7 N–H and O–H groups in total. The summed E-state index contributed by atoms with van der Waals surface area (Å²) in [5.41, 5.74) is -0.790. The number of anilines is 1. The van der Waals surface area contributed by atoms with Gasteiger partial charge in [-0.05, 0) is 64.9 Å². The van der Waals surface area contributed by atoms with Crippen LogP contribution in [0.1, 0.15) is 82.1 Å². The third-order valence-corrected chi connectivity index (χ3v) is 9.20. The van der Waals surface area contributed by atoms with Crippen molar-refractivity contribution in [1.29, 1.82) is 0 Å². The van der Waals surface area contributed by atoms with Crippen molar-refractivity contribution in [2.45, 2.75) is 85.4 Å². The van der Waals surface area contributed by atoms with Gasteiger partial charge >= 0.3 is 17.9 Å². The highest BCUT2D eigenvalue weighted by molar-refractivity contribution is 6.18. The molecule has 4 bridgehead atoms. The van der Waals surface area contributed by atoms with Crippen molar-refractivity contribution in [3.63, 3.8) is 0 Å². The number of hydrogen-bond acceptors (Lipinski definition) is 12. The van der Waals surface area contributed by atoms with Crippen LogP contribution in [0.5, 0.6) is 23.0 Å². The minimum atomic E-state index is -1.39. The quantitative estimate of drug-likeness (QED) is 0.130. The molecule has 0 aliphatic carbocycles. The van der Waals surface area contributed by atoms with Crippen LogP contribution in [0.25, 0.3) is 10.8 Å². The first-order valence-electron chi connectivity index (χ1n) is 17.6. The zero-order valence-electron chi connectivity index (χ0n) is 31.0. The van der Waals surface area contributed by atoms with Crippen LogP contribution < -0.4 is 10.1 Å². The van der Waals surface area contributed by atoms with Crippen LogP contribution in [0.2, 0.25) is 0 Å². The number of fused-ring (bicyclic) bond motifs is 16. The number of rotatable bonds is 8. The predicted molar refractivity (Wildman–Crippen MR) is 196 cm³/mol. The molecule has 4 rings (SSSR count). The minimum absolute atomic E-state index is 0.116. The number of esters is 1. The molecule has 2 aliphatic heterocycles. The number of aromatic hydroxyl groups is 3. The number of nitrogens with one attached hydrogen (secondary N) is 1. The molecule has 1 amide bonds. The number of benzene rings is 2. The number of aliphatic hydroxyl groups excluding tert-OH is 1. The molecule has 2 aliphatic rings. The second-order valence-electron chi connectivity index (χ2n) is 13.6. The van der Waals surface area contributed by atoms with Crippen LogP contribution in [0.15, 0.2) is 42.2 Å². The Kier molecular flexibility index (Phi) is 15.5. The Morgan fingerprint density at radius 1 is 0.963 bits per heavy atom. The molecule has 294 valence electrons. The molecule has 15 heteroatoms. The molecule has 2 aromatic rings. The van der Waals surface area contributed by atoms with E-state index in [1.54, 1.807) is 25.2 Å². The molecule has 2 aromatic carbocycles. The average Bonchev–Trinajstić information content (AvgIpc) is 3.10. The highest BCUT2D eigenvalue weighted by atomic mass is 16.5. The number of carboxylic acid groups (broad SMARTS) is 2. The lowest BCUT2D eigenvalue weighted by atomic mass is 9.92. The van der Waals surface area contributed by atoms with Gasteiger partial charge in [0.2, 0.25) is 5.78 Å². The van der Waals surface area contributed by atoms with E-state index in [2.05, 4.69) is 5.32 Å². The summed E-state index contributed by atoms with van der Waals surface area (Å²) in [6.45, 7) is 6.35. The standard InChI is InChI=1S/C39H49NO14/c1-20-8-7-15-52-18-28(42)32-33-29(53-19-31(45)46)17-27(37(49)34(33)36(48)23(4)35(32)47)40-38(50)21(2)9-6-10-25(12-14-26(41)13-11-20)24(5)54-39(51)22(3)16-30(43)44/h6-7,9-10,15,17,20,22,24-26,41,47-49H,8,11-14,16,18-19H2,1-5H3,(H,40,50)(H,43,44)(H,45,46)/b10-6+,15-7+,21-9?/t20-,22+,24?,25?,26+/m1/s1. The van der Waals surface area contributed by atoms with Crippen molar-refractivity contribution in [2.24, 2.45) is 17.8 Å². The lowest BCUT2D eigenvalue weighted by Gasteiger charge is -2.24. The Morgan fingerprint density at radius 3 is 2.31 bits per heavy atom. The number of Topliss-reactive ketones (excluding diaryl/α,β-unsaturated/α-hetero) is 1. The monoisotopic (exact) mass is 755 g/mol. The molecule has 0 saturated heterocycles. The van der Waals surface area contributed by atoms with Crippen molar-refractivity contribution < 1.29 is 68.8 Å². The van der Waals surface area contributed by atoms with Crippen molar-refractivity contribution in [1.82, 2.24) is 0 Å². The van der Waals surface area contributed by atoms with Crippen LogP contribution in [-0.4, -0.2) is 85.7 Å². The van der Waals surface area contributed by atoms with E-state index in [1.807, 2.05) is 6.92 Å². The zero-order valence-corrected chi connectivity index (χ0v) is 31.0. The number of carboxylic acids is 2. The molecular formula is C39H49NO14. The van der Waals surface area contributed by atoms with Gasteiger partial charge in [0, 0.05) is 28.5 Å². The van der Waals surface area contributed by atoms with E-state index in [1.165, 1.54) is 33.1 Å². The molecule has 5 atom stereocenters. The third kappa shape index (κ3) is 11.5. The number of phenols is 3. The molecular weight excluding hydrogens is 706 g/mol. The molecule has 2 unspecified atom stereocenters. The van der Waals surface area contributed by atoms with Crippen molar-refractivity contribution in [3.8, 4) is 23.0 Å². The highest BCUT2D eigenvalue weighted by Crippen LogP contribution is 2.50. The number of amides is 1. The summed E-state index contributed by atoms with van der Waals surface area (Å²) in [4.78, 5) is 62.0. The summed E-state index contributed by atoms with van der Waals surface area (Å²) in [7, 11) is 0. The molecule has 0 fully saturated rings. The number of ether oxygens (including phenoxy) is 3. The highest BCUT2D eigenvalue weighted by Gasteiger charge is 2.29. The van der Waals surface area contributed by atoms with Gasteiger partial charge in [-0.15, -0.1) is 0 Å². The maximum Gasteiger partial charge on any atom is 0.341 e. The van der Waals surface area contributed by atoms with Gasteiger partial charge in [-0.2, -0.15) is 0 Å². The van der Waals surface area contributed by atoms with Crippen LogP contribution >= 0.6 is 0 Å². The van der Waals surface area contributed by atoms with Gasteiger partial charge in [-0.25, -0.2) is 4.79 Å². The van der Waals surface area contributed by atoms with E-state index < -0.39 is 101 Å². The van der Waals surface area contributed by atoms with Gasteiger partial charge < -0.3 is 50.2 Å². The van der Waals surface area contributed by atoms with Gasteiger partial charge in [-0.1, -0.05) is 32.1 Å². The summed E-state index contributed by atoms with van der Waals surface area (Å²) < 4.78 is 16.5. The molecule has 0 aromatic heterocycles. The number of aliphatic hydroxyl groups is 1. The van der Waals surface area contributed by atoms with E-state index in [4.69, 9.17) is 19.3 Å². The number of hydrogen-bond donors (Lipinski definition) is 7. The Morgan fingerprint density at radius 2 is 1.65 bits per heavy atom. The van der Waals surface area contributed by atoms with E-state index in [-0.39, 0.29) is 33.9 Å². The third-order valence-electron chi connectivity index (χ3n) is 9.20. The first-order valence-corrected chi connectivity index (χ1v) is 17.6. The van der Waals surface area contributed by atoms with Crippen LogP contribution in [-0.2, 0) is 28.7 Å². The smallest absolute Gasteiger partial charge is 0.341 e. The average molecular weight is 756 g/mol. The lowest BCUT2D eigenvalue weighted by molar-refractivity contribution is -0.157. The molecule has 15 nitrogen and oxygen atoms in total. The van der Waals surface area contributed by atoms with Gasteiger partial charge in [0.15, 0.2) is 19.0 Å². The van der Waals surface area contributed by atoms with Crippen molar-refractivity contribution >= 4 is 46.1 Å². The fraction of sp³-hybridized carbons (Fsp3) is 0.462. The van der Waals surface area contributed by atoms with Gasteiger partial charge in [0.1, 0.15) is 23.4 Å². The number of allylic oxidation sites excluding steroid dienone is 3. The minimum Gasteiger partial charge on any atom is -0.507 e. The number of carbonyl (C=O) groups excluding carboxylic acids is 3. The molecule has 2 heterocycles. The van der Waals surface area contributed by atoms with Crippen LogP contribution in [0.4, 0.5) is 5.69 Å². The van der Waals surface area contributed by atoms with E-state index >= 15 is 0 Å². The Balaban J connectivity index is 2.11.